The molecule has 104 valence electrons. The smallest absolute Gasteiger partial charge is 0.127 e. The minimum atomic E-state index is -0.231. The summed E-state index contributed by atoms with van der Waals surface area (Å²) in [6, 6.07) is 11.8. The number of aromatic hydroxyl groups is 1. The van der Waals surface area contributed by atoms with Gasteiger partial charge >= 0.3 is 0 Å². The van der Waals surface area contributed by atoms with Gasteiger partial charge in [-0.1, -0.05) is 12.1 Å². The maximum atomic E-state index is 12.9. The van der Waals surface area contributed by atoms with E-state index in [1.54, 1.807) is 24.3 Å². The third-order valence-electron chi connectivity index (χ3n) is 3.60. The van der Waals surface area contributed by atoms with Crippen LogP contribution in [0, 0.1) is 5.82 Å². The van der Waals surface area contributed by atoms with Gasteiger partial charge in [-0.3, -0.25) is 0 Å². The van der Waals surface area contributed by atoms with E-state index in [-0.39, 0.29) is 23.7 Å². The number of fused-ring (bicyclic) bond motifs is 1. The predicted octanol–water partition coefficient (Wildman–Crippen LogP) is 3.32. The number of hydrogen-bond acceptors (Lipinski definition) is 3. The van der Waals surface area contributed by atoms with Crippen LogP contribution < -0.4 is 10.1 Å². The van der Waals surface area contributed by atoms with Gasteiger partial charge in [-0.25, -0.2) is 4.39 Å². The Labute approximate surface area is 117 Å². The van der Waals surface area contributed by atoms with Crippen molar-refractivity contribution in [3.8, 4) is 11.5 Å². The number of nitrogens with one attached hydrogen (secondary N) is 1. The molecule has 0 saturated carbocycles. The van der Waals surface area contributed by atoms with Crippen LogP contribution >= 0.6 is 0 Å². The fraction of sp³-hybridized carbons (Fsp3) is 0.250. The van der Waals surface area contributed by atoms with Crippen LogP contribution in [0.1, 0.15) is 30.1 Å². The van der Waals surface area contributed by atoms with Gasteiger partial charge in [0.1, 0.15) is 23.9 Å². The van der Waals surface area contributed by atoms with Gasteiger partial charge < -0.3 is 15.2 Å². The van der Waals surface area contributed by atoms with E-state index in [0.29, 0.717) is 12.4 Å². The number of phenols is 1. The number of ether oxygens (including phenoxy) is 1. The summed E-state index contributed by atoms with van der Waals surface area (Å²) in [5.41, 5.74) is 2.07. The SMILES string of the molecule is C[C@@H](NC1COc2cc(O)ccc21)c1ccc(F)cc1. The zero-order valence-corrected chi connectivity index (χ0v) is 11.1. The lowest BCUT2D eigenvalue weighted by molar-refractivity contribution is 0.300. The first-order chi connectivity index (χ1) is 9.63. The first-order valence-electron chi connectivity index (χ1n) is 6.61. The monoisotopic (exact) mass is 273 g/mol. The molecule has 1 heterocycles. The Hall–Kier alpha value is -2.07. The molecule has 0 spiro atoms. The third-order valence-corrected chi connectivity index (χ3v) is 3.60. The summed E-state index contributed by atoms with van der Waals surface area (Å²) in [7, 11) is 0. The highest BCUT2D eigenvalue weighted by molar-refractivity contribution is 5.44. The summed E-state index contributed by atoms with van der Waals surface area (Å²) in [5.74, 6) is 0.691. The number of halogens is 1. The van der Waals surface area contributed by atoms with Gasteiger partial charge in [0.25, 0.3) is 0 Å². The lowest BCUT2D eigenvalue weighted by Gasteiger charge is -2.19. The van der Waals surface area contributed by atoms with Gasteiger partial charge in [-0.05, 0) is 36.8 Å². The van der Waals surface area contributed by atoms with Crippen molar-refractivity contribution in [1.82, 2.24) is 5.32 Å². The predicted molar refractivity (Wildman–Crippen MR) is 74.3 cm³/mol. The van der Waals surface area contributed by atoms with E-state index < -0.39 is 0 Å². The topological polar surface area (TPSA) is 41.5 Å². The fourth-order valence-electron chi connectivity index (χ4n) is 2.49. The molecule has 1 unspecified atom stereocenters. The summed E-state index contributed by atoms with van der Waals surface area (Å²) in [6.07, 6.45) is 0. The van der Waals surface area contributed by atoms with Crippen LogP contribution in [0.15, 0.2) is 42.5 Å². The van der Waals surface area contributed by atoms with Crippen molar-refractivity contribution >= 4 is 0 Å². The van der Waals surface area contributed by atoms with Gasteiger partial charge in [0, 0.05) is 17.7 Å². The molecule has 0 aromatic heterocycles. The van der Waals surface area contributed by atoms with Crippen LogP contribution in [0.4, 0.5) is 4.39 Å². The lowest BCUT2D eigenvalue weighted by Crippen LogP contribution is -2.25. The van der Waals surface area contributed by atoms with Gasteiger partial charge in [0.15, 0.2) is 0 Å². The highest BCUT2D eigenvalue weighted by Gasteiger charge is 2.25. The Morgan fingerprint density at radius 1 is 1.25 bits per heavy atom. The first-order valence-corrected chi connectivity index (χ1v) is 6.61. The largest absolute Gasteiger partial charge is 0.508 e. The van der Waals surface area contributed by atoms with Crippen molar-refractivity contribution in [2.45, 2.75) is 19.0 Å². The second kappa shape index (κ2) is 5.13. The van der Waals surface area contributed by atoms with Crippen molar-refractivity contribution in [2.24, 2.45) is 0 Å². The molecule has 3 nitrogen and oxygen atoms in total. The zero-order chi connectivity index (χ0) is 14.1. The van der Waals surface area contributed by atoms with E-state index >= 15 is 0 Å². The van der Waals surface area contributed by atoms with E-state index in [4.69, 9.17) is 4.74 Å². The molecule has 0 bridgehead atoms. The molecule has 1 aliphatic rings. The summed E-state index contributed by atoms with van der Waals surface area (Å²) in [6.45, 7) is 2.57. The molecule has 0 saturated heterocycles. The van der Waals surface area contributed by atoms with Crippen molar-refractivity contribution in [3.05, 3.63) is 59.4 Å². The van der Waals surface area contributed by atoms with E-state index in [9.17, 15) is 9.50 Å². The van der Waals surface area contributed by atoms with Crippen LogP contribution in [0.2, 0.25) is 0 Å². The molecule has 0 aliphatic carbocycles. The van der Waals surface area contributed by atoms with Crippen molar-refractivity contribution in [1.29, 1.82) is 0 Å². The highest BCUT2D eigenvalue weighted by atomic mass is 19.1. The molecular weight excluding hydrogens is 257 g/mol. The maximum Gasteiger partial charge on any atom is 0.127 e. The Kier molecular flexibility index (Phi) is 3.32. The molecule has 3 rings (SSSR count). The highest BCUT2D eigenvalue weighted by Crippen LogP contribution is 2.36. The fourth-order valence-corrected chi connectivity index (χ4v) is 2.49. The van der Waals surface area contributed by atoms with Gasteiger partial charge in [0.05, 0.1) is 6.04 Å². The van der Waals surface area contributed by atoms with Gasteiger partial charge in [-0.15, -0.1) is 0 Å². The molecule has 2 atom stereocenters. The molecule has 2 N–H and O–H groups in total. The second-order valence-electron chi connectivity index (χ2n) is 5.03. The summed E-state index contributed by atoms with van der Waals surface area (Å²) in [5, 5.41) is 12.9. The van der Waals surface area contributed by atoms with Crippen LogP contribution in [-0.2, 0) is 0 Å². The van der Waals surface area contributed by atoms with Crippen LogP contribution in [-0.4, -0.2) is 11.7 Å². The lowest BCUT2D eigenvalue weighted by atomic mass is 10.0. The zero-order valence-electron chi connectivity index (χ0n) is 11.1. The third kappa shape index (κ3) is 2.47. The minimum absolute atomic E-state index is 0.0747. The number of hydrogen-bond donors (Lipinski definition) is 2. The quantitative estimate of drug-likeness (QED) is 0.901. The average molecular weight is 273 g/mol. The number of benzene rings is 2. The Balaban J connectivity index is 1.75. The molecule has 20 heavy (non-hydrogen) atoms. The number of rotatable bonds is 3. The molecular formula is C16H16FNO2. The Morgan fingerprint density at radius 2 is 2.00 bits per heavy atom. The Bertz CT molecular complexity index is 612. The summed E-state index contributed by atoms with van der Waals surface area (Å²) in [4.78, 5) is 0. The van der Waals surface area contributed by atoms with E-state index in [1.807, 2.05) is 13.0 Å². The number of phenolic OH excluding ortho intramolecular Hbond substituents is 1. The van der Waals surface area contributed by atoms with E-state index in [0.717, 1.165) is 11.1 Å². The van der Waals surface area contributed by atoms with Crippen LogP contribution in [0.3, 0.4) is 0 Å². The van der Waals surface area contributed by atoms with Crippen molar-refractivity contribution < 1.29 is 14.2 Å². The normalized spacial score (nSPS) is 18.4. The molecule has 2 aromatic carbocycles. The first kappa shape index (κ1) is 12.9. The summed E-state index contributed by atoms with van der Waals surface area (Å²) < 4.78 is 18.5. The molecule has 0 radical (unpaired) electrons. The molecule has 4 heteroatoms. The van der Waals surface area contributed by atoms with Crippen LogP contribution in [0.5, 0.6) is 11.5 Å². The minimum Gasteiger partial charge on any atom is -0.508 e. The van der Waals surface area contributed by atoms with Crippen LogP contribution in [0.25, 0.3) is 0 Å². The van der Waals surface area contributed by atoms with Crippen molar-refractivity contribution in [2.75, 3.05) is 6.61 Å². The second-order valence-corrected chi connectivity index (χ2v) is 5.03. The Morgan fingerprint density at radius 3 is 2.75 bits per heavy atom. The molecule has 0 fully saturated rings. The standard InChI is InChI=1S/C16H16FNO2/c1-10(11-2-4-12(17)5-3-11)18-15-9-20-16-8-13(19)6-7-14(15)16/h2-8,10,15,18-19H,9H2,1H3/t10-,15?/m1/s1. The average Bonchev–Trinajstić information content (AvgIpc) is 2.81. The molecule has 1 aliphatic heterocycles. The van der Waals surface area contributed by atoms with E-state index in [1.165, 1.54) is 12.1 Å². The van der Waals surface area contributed by atoms with Gasteiger partial charge in [-0.2, -0.15) is 0 Å². The molecule has 0 amide bonds. The van der Waals surface area contributed by atoms with E-state index in [2.05, 4.69) is 5.32 Å². The van der Waals surface area contributed by atoms with Crippen molar-refractivity contribution in [3.63, 3.8) is 0 Å². The maximum absolute atomic E-state index is 12.9. The van der Waals surface area contributed by atoms with Gasteiger partial charge in [0.2, 0.25) is 0 Å². The molecule has 2 aromatic rings. The summed E-state index contributed by atoms with van der Waals surface area (Å²) >= 11 is 0.